The number of carbonyl (C=O) groups is 2. The van der Waals surface area contributed by atoms with Gasteiger partial charge < -0.3 is 20.1 Å². The first-order valence-electron chi connectivity index (χ1n) is 5.93. The van der Waals surface area contributed by atoms with Crippen LogP contribution in [-0.4, -0.2) is 60.8 Å². The highest BCUT2D eigenvalue weighted by Gasteiger charge is 2.16. The molecule has 6 nitrogen and oxygen atoms in total. The summed E-state index contributed by atoms with van der Waals surface area (Å²) in [5, 5.41) is 11.5. The summed E-state index contributed by atoms with van der Waals surface area (Å²) in [6.07, 6.45) is 1.12. The van der Waals surface area contributed by atoms with Crippen LogP contribution >= 0.6 is 0 Å². The highest BCUT2D eigenvalue weighted by molar-refractivity contribution is 5.76. The third kappa shape index (κ3) is 5.14. The number of aliphatic carboxylic acids is 1. The van der Waals surface area contributed by atoms with Crippen molar-refractivity contribution in [3.8, 4) is 0 Å². The van der Waals surface area contributed by atoms with E-state index in [0.29, 0.717) is 45.7 Å². The van der Waals surface area contributed by atoms with E-state index in [1.54, 1.807) is 11.8 Å². The van der Waals surface area contributed by atoms with Crippen molar-refractivity contribution in [2.24, 2.45) is 0 Å². The fraction of sp³-hybridized carbons (Fsp3) is 0.818. The third-order valence-corrected chi connectivity index (χ3v) is 2.75. The molecule has 1 aliphatic rings. The Bertz CT molecular complexity index is 264. The summed E-state index contributed by atoms with van der Waals surface area (Å²) in [6, 6.07) is -0.562. The molecule has 1 amide bonds. The molecule has 17 heavy (non-hydrogen) atoms. The number of carboxylic acid groups (broad SMARTS) is 1. The van der Waals surface area contributed by atoms with Gasteiger partial charge in [-0.05, 0) is 19.9 Å². The van der Waals surface area contributed by atoms with Gasteiger partial charge in [-0.2, -0.15) is 0 Å². The van der Waals surface area contributed by atoms with E-state index < -0.39 is 12.0 Å². The topological polar surface area (TPSA) is 78.9 Å². The van der Waals surface area contributed by atoms with E-state index in [9.17, 15) is 9.59 Å². The summed E-state index contributed by atoms with van der Waals surface area (Å²) in [6.45, 7) is 4.69. The molecule has 0 radical (unpaired) electrons. The highest BCUT2D eigenvalue weighted by atomic mass is 16.5. The van der Waals surface area contributed by atoms with Crippen molar-refractivity contribution < 1.29 is 19.4 Å². The average Bonchev–Trinajstić information content (AvgIpc) is 2.35. The molecule has 1 saturated heterocycles. The number of ether oxygens (including phenoxy) is 1. The second-order valence-electron chi connectivity index (χ2n) is 4.11. The second kappa shape index (κ2) is 7.24. The molecule has 1 rings (SSSR count). The van der Waals surface area contributed by atoms with Crippen LogP contribution in [0.3, 0.4) is 0 Å². The lowest BCUT2D eigenvalue weighted by molar-refractivity contribution is -0.139. The van der Waals surface area contributed by atoms with Crippen LogP contribution in [0.2, 0.25) is 0 Å². The van der Waals surface area contributed by atoms with Crippen molar-refractivity contribution in [1.29, 1.82) is 0 Å². The van der Waals surface area contributed by atoms with Gasteiger partial charge in [0, 0.05) is 19.5 Å². The number of carbonyl (C=O) groups excluding carboxylic acids is 1. The molecule has 0 bridgehead atoms. The number of nitrogens with one attached hydrogen (secondary N) is 1. The van der Waals surface area contributed by atoms with Crippen LogP contribution in [0.25, 0.3) is 0 Å². The number of hydrogen-bond acceptors (Lipinski definition) is 4. The molecule has 0 saturated carbocycles. The number of carboxylic acids is 1. The van der Waals surface area contributed by atoms with Crippen LogP contribution in [0.4, 0.5) is 0 Å². The van der Waals surface area contributed by atoms with E-state index >= 15 is 0 Å². The van der Waals surface area contributed by atoms with Crippen molar-refractivity contribution in [2.75, 3.05) is 32.8 Å². The first kappa shape index (κ1) is 13.9. The molecule has 1 unspecified atom stereocenters. The molecule has 6 heteroatoms. The SMILES string of the molecule is CC(NCCCC(=O)N1CCOCC1)C(=O)O. The molecule has 0 aromatic carbocycles. The molecule has 2 N–H and O–H groups in total. The van der Waals surface area contributed by atoms with Crippen LogP contribution in [0.5, 0.6) is 0 Å². The van der Waals surface area contributed by atoms with Crippen LogP contribution in [0.1, 0.15) is 19.8 Å². The molecule has 0 aromatic heterocycles. The zero-order valence-electron chi connectivity index (χ0n) is 10.1. The van der Waals surface area contributed by atoms with Crippen molar-refractivity contribution in [1.82, 2.24) is 10.2 Å². The lowest BCUT2D eigenvalue weighted by Gasteiger charge is -2.26. The van der Waals surface area contributed by atoms with E-state index in [4.69, 9.17) is 9.84 Å². The Morgan fingerprint density at radius 3 is 2.65 bits per heavy atom. The number of hydrogen-bond donors (Lipinski definition) is 2. The number of morpholine rings is 1. The maximum Gasteiger partial charge on any atom is 0.320 e. The summed E-state index contributed by atoms with van der Waals surface area (Å²) in [7, 11) is 0. The Kier molecular flexibility index (Phi) is 5.93. The summed E-state index contributed by atoms with van der Waals surface area (Å²) in [5.74, 6) is -0.748. The van der Waals surface area contributed by atoms with Gasteiger partial charge in [-0.25, -0.2) is 0 Å². The van der Waals surface area contributed by atoms with E-state index in [1.165, 1.54) is 0 Å². The zero-order valence-corrected chi connectivity index (χ0v) is 10.1. The molecular formula is C11H20N2O4. The predicted octanol–water partition coefficient (Wildman–Crippen LogP) is -0.312. The Labute approximate surface area is 101 Å². The van der Waals surface area contributed by atoms with E-state index in [0.717, 1.165) is 0 Å². The molecule has 0 spiro atoms. The van der Waals surface area contributed by atoms with Gasteiger partial charge in [0.1, 0.15) is 6.04 Å². The van der Waals surface area contributed by atoms with Crippen LogP contribution < -0.4 is 5.32 Å². The number of nitrogens with zero attached hydrogens (tertiary/aromatic N) is 1. The summed E-state index contributed by atoms with van der Waals surface area (Å²) in [4.78, 5) is 24.0. The minimum Gasteiger partial charge on any atom is -0.480 e. The van der Waals surface area contributed by atoms with Gasteiger partial charge in [-0.1, -0.05) is 0 Å². The molecule has 1 atom stereocenters. The number of amides is 1. The van der Waals surface area contributed by atoms with Gasteiger partial charge in [0.2, 0.25) is 5.91 Å². The molecule has 1 fully saturated rings. The Balaban J connectivity index is 2.09. The van der Waals surface area contributed by atoms with E-state index in [-0.39, 0.29) is 5.91 Å². The van der Waals surface area contributed by atoms with E-state index in [1.807, 2.05) is 0 Å². The second-order valence-corrected chi connectivity index (χ2v) is 4.11. The molecule has 0 aromatic rings. The van der Waals surface area contributed by atoms with Crippen molar-refractivity contribution in [2.45, 2.75) is 25.8 Å². The maximum absolute atomic E-state index is 11.7. The van der Waals surface area contributed by atoms with Crippen molar-refractivity contribution >= 4 is 11.9 Å². The predicted molar refractivity (Wildman–Crippen MR) is 61.7 cm³/mol. The molecule has 1 heterocycles. The minimum atomic E-state index is -0.871. The molecule has 98 valence electrons. The Morgan fingerprint density at radius 1 is 1.41 bits per heavy atom. The first-order chi connectivity index (χ1) is 8.11. The maximum atomic E-state index is 11.7. The third-order valence-electron chi connectivity index (χ3n) is 2.75. The highest BCUT2D eigenvalue weighted by Crippen LogP contribution is 2.01. The number of rotatable bonds is 6. The minimum absolute atomic E-state index is 0.123. The average molecular weight is 244 g/mol. The fourth-order valence-electron chi connectivity index (χ4n) is 1.62. The largest absolute Gasteiger partial charge is 0.480 e. The summed E-state index contributed by atoms with van der Waals surface area (Å²) in [5.41, 5.74) is 0. The standard InChI is InChI=1S/C11H20N2O4/c1-9(11(15)16)12-4-2-3-10(14)13-5-7-17-8-6-13/h9,12H,2-8H2,1H3,(H,15,16). The molecule has 1 aliphatic heterocycles. The van der Waals surface area contributed by atoms with Gasteiger partial charge in [0.05, 0.1) is 13.2 Å². The fourth-order valence-corrected chi connectivity index (χ4v) is 1.62. The first-order valence-corrected chi connectivity index (χ1v) is 5.93. The quantitative estimate of drug-likeness (QED) is 0.626. The summed E-state index contributed by atoms with van der Waals surface area (Å²) < 4.78 is 5.16. The molecule has 0 aliphatic carbocycles. The van der Waals surface area contributed by atoms with Crippen LogP contribution in [0.15, 0.2) is 0 Å². The molecular weight excluding hydrogens is 224 g/mol. The summed E-state index contributed by atoms with van der Waals surface area (Å²) >= 11 is 0. The Morgan fingerprint density at radius 2 is 2.06 bits per heavy atom. The van der Waals surface area contributed by atoms with Gasteiger partial charge in [-0.15, -0.1) is 0 Å². The van der Waals surface area contributed by atoms with Gasteiger partial charge in [-0.3, -0.25) is 9.59 Å². The normalized spacial score (nSPS) is 17.8. The van der Waals surface area contributed by atoms with Crippen molar-refractivity contribution in [3.05, 3.63) is 0 Å². The van der Waals surface area contributed by atoms with Gasteiger partial charge in [0.25, 0.3) is 0 Å². The lowest BCUT2D eigenvalue weighted by Crippen LogP contribution is -2.41. The van der Waals surface area contributed by atoms with Gasteiger partial charge >= 0.3 is 5.97 Å². The van der Waals surface area contributed by atoms with Crippen LogP contribution in [0, 0.1) is 0 Å². The smallest absolute Gasteiger partial charge is 0.320 e. The zero-order chi connectivity index (χ0) is 12.7. The van der Waals surface area contributed by atoms with E-state index in [2.05, 4.69) is 5.32 Å². The Hall–Kier alpha value is -1.14. The monoisotopic (exact) mass is 244 g/mol. The van der Waals surface area contributed by atoms with Crippen LogP contribution in [-0.2, 0) is 14.3 Å². The van der Waals surface area contributed by atoms with Gasteiger partial charge in [0.15, 0.2) is 0 Å². The lowest BCUT2D eigenvalue weighted by atomic mass is 10.2. The van der Waals surface area contributed by atoms with Crippen molar-refractivity contribution in [3.63, 3.8) is 0 Å².